The second-order valence-electron chi connectivity index (χ2n) is 8.18. The molecule has 1 aliphatic rings. The van der Waals surface area contributed by atoms with Gasteiger partial charge in [-0.3, -0.25) is 5.32 Å². The van der Waals surface area contributed by atoms with Crippen molar-refractivity contribution in [1.29, 1.82) is 0 Å². The first-order chi connectivity index (χ1) is 16.2. The van der Waals surface area contributed by atoms with Crippen LogP contribution in [0.3, 0.4) is 0 Å². The number of carboxylic acids is 1. The molecule has 1 unspecified atom stereocenters. The standard InChI is InChI=1S/C22H28F2N4O5S/c1-13-9-16(23)15(17(24)10-13)12-33-19-18(21(30)31)20(34-27-19)26-22(32)25-6-2-3-7-28-8-4-5-14(29)11-28/h9-10,14,29H,2-8,11-12H2,1H3,(H,30,31)(H2,25,26,32). The highest BCUT2D eigenvalue weighted by Crippen LogP contribution is 2.31. The number of likely N-dealkylation sites (tertiary alicyclic amines) is 1. The lowest BCUT2D eigenvalue weighted by Gasteiger charge is -2.29. The minimum atomic E-state index is -1.40. The quantitative estimate of drug-likeness (QED) is 0.370. The number of aromatic carboxylic acids is 1. The Labute approximate surface area is 199 Å². The van der Waals surface area contributed by atoms with Crippen LogP contribution in [0.25, 0.3) is 0 Å². The Morgan fingerprint density at radius 3 is 2.71 bits per heavy atom. The average molecular weight is 499 g/mol. The lowest BCUT2D eigenvalue weighted by molar-refractivity contribution is 0.0690. The van der Waals surface area contributed by atoms with Gasteiger partial charge in [-0.05, 0) is 74.9 Å². The van der Waals surface area contributed by atoms with Gasteiger partial charge in [0.2, 0.25) is 5.88 Å². The molecular weight excluding hydrogens is 470 g/mol. The third kappa shape index (κ3) is 7.08. The van der Waals surface area contributed by atoms with Crippen LogP contribution in [0.2, 0.25) is 0 Å². The van der Waals surface area contributed by atoms with Crippen LogP contribution in [0.15, 0.2) is 12.1 Å². The maximum atomic E-state index is 14.0. The van der Waals surface area contributed by atoms with E-state index in [1.165, 1.54) is 0 Å². The van der Waals surface area contributed by atoms with Crippen LogP contribution in [-0.4, -0.2) is 63.8 Å². The van der Waals surface area contributed by atoms with Crippen LogP contribution >= 0.6 is 11.5 Å². The molecule has 0 radical (unpaired) electrons. The maximum Gasteiger partial charge on any atom is 0.344 e. The number of aliphatic hydroxyl groups is 1. The number of benzene rings is 1. The van der Waals surface area contributed by atoms with Crippen molar-refractivity contribution in [2.24, 2.45) is 0 Å². The summed E-state index contributed by atoms with van der Waals surface area (Å²) in [6.45, 7) is 3.84. The van der Waals surface area contributed by atoms with Gasteiger partial charge in [-0.25, -0.2) is 18.4 Å². The van der Waals surface area contributed by atoms with Gasteiger partial charge in [0.1, 0.15) is 23.2 Å². The number of rotatable bonds is 10. The van der Waals surface area contributed by atoms with Gasteiger partial charge in [0.25, 0.3) is 0 Å². The fraction of sp³-hybridized carbons (Fsp3) is 0.500. The van der Waals surface area contributed by atoms with Crippen molar-refractivity contribution in [2.45, 2.75) is 45.3 Å². The predicted octanol–water partition coefficient (Wildman–Crippen LogP) is 3.37. The molecule has 1 aromatic carbocycles. The van der Waals surface area contributed by atoms with E-state index < -0.39 is 35.8 Å². The summed E-state index contributed by atoms with van der Waals surface area (Å²) < 4.78 is 37.2. The molecule has 0 saturated carbocycles. The SMILES string of the molecule is Cc1cc(F)c(COc2nsc(NC(=O)NCCCCN3CCCC(O)C3)c2C(=O)O)c(F)c1. The molecule has 1 fully saturated rings. The maximum absolute atomic E-state index is 14.0. The minimum Gasteiger partial charge on any atom is -0.477 e. The second kappa shape index (κ2) is 12.0. The summed E-state index contributed by atoms with van der Waals surface area (Å²) in [5.74, 6) is -3.35. The number of piperidine rings is 1. The number of β-amino-alcohol motifs (C(OH)–C–C–N with tert-alkyl or cyclic N) is 1. The molecule has 2 aromatic rings. The zero-order valence-corrected chi connectivity index (χ0v) is 19.6. The second-order valence-corrected chi connectivity index (χ2v) is 8.95. The van der Waals surface area contributed by atoms with E-state index in [0.29, 0.717) is 30.2 Å². The molecule has 1 atom stereocenters. The lowest BCUT2D eigenvalue weighted by atomic mass is 10.1. The molecule has 1 saturated heterocycles. The number of ether oxygens (including phenoxy) is 1. The Morgan fingerprint density at radius 1 is 1.29 bits per heavy atom. The largest absolute Gasteiger partial charge is 0.477 e. The summed E-state index contributed by atoms with van der Waals surface area (Å²) in [4.78, 5) is 26.1. The van der Waals surface area contributed by atoms with E-state index in [1.807, 2.05) is 0 Å². The third-order valence-corrected chi connectivity index (χ3v) is 6.15. The highest BCUT2D eigenvalue weighted by atomic mass is 32.1. The summed E-state index contributed by atoms with van der Waals surface area (Å²) in [5.41, 5.74) is -0.334. The van der Waals surface area contributed by atoms with Crippen LogP contribution in [0, 0.1) is 18.6 Å². The Morgan fingerprint density at radius 2 is 2.03 bits per heavy atom. The molecule has 0 bridgehead atoms. The molecule has 2 amide bonds. The van der Waals surface area contributed by atoms with Gasteiger partial charge >= 0.3 is 12.0 Å². The van der Waals surface area contributed by atoms with Crippen molar-refractivity contribution in [2.75, 3.05) is 31.5 Å². The summed E-state index contributed by atoms with van der Waals surface area (Å²) in [6, 6.07) is 1.70. The Balaban J connectivity index is 1.49. The van der Waals surface area contributed by atoms with Crippen LogP contribution in [-0.2, 0) is 6.61 Å². The van der Waals surface area contributed by atoms with E-state index in [-0.39, 0.29) is 22.5 Å². The van der Waals surface area contributed by atoms with Gasteiger partial charge in [-0.1, -0.05) is 0 Å². The Hall–Kier alpha value is -2.83. The predicted molar refractivity (Wildman–Crippen MR) is 122 cm³/mol. The zero-order chi connectivity index (χ0) is 24.7. The van der Waals surface area contributed by atoms with Gasteiger partial charge < -0.3 is 25.2 Å². The first-order valence-corrected chi connectivity index (χ1v) is 11.8. The normalized spacial score (nSPS) is 16.3. The van der Waals surface area contributed by atoms with Gasteiger partial charge in [0.15, 0.2) is 5.56 Å². The van der Waals surface area contributed by atoms with Crippen molar-refractivity contribution in [3.05, 3.63) is 40.5 Å². The zero-order valence-electron chi connectivity index (χ0n) is 18.8. The smallest absolute Gasteiger partial charge is 0.344 e. The van der Waals surface area contributed by atoms with E-state index in [4.69, 9.17) is 4.74 Å². The summed E-state index contributed by atoms with van der Waals surface area (Å²) in [6.07, 6.45) is 3.10. The summed E-state index contributed by atoms with van der Waals surface area (Å²) in [5, 5.41) is 24.3. The van der Waals surface area contributed by atoms with E-state index >= 15 is 0 Å². The Bertz CT molecular complexity index is 996. The first-order valence-electron chi connectivity index (χ1n) is 11.0. The van der Waals surface area contributed by atoms with Crippen molar-refractivity contribution in [3.63, 3.8) is 0 Å². The number of urea groups is 1. The topological polar surface area (TPSA) is 124 Å². The minimum absolute atomic E-state index is 0.0489. The van der Waals surface area contributed by atoms with Crippen LogP contribution < -0.4 is 15.4 Å². The molecular formula is C22H28F2N4O5S. The highest BCUT2D eigenvalue weighted by molar-refractivity contribution is 7.11. The number of carbonyl (C=O) groups is 2. The number of carboxylic acid groups (broad SMARTS) is 1. The average Bonchev–Trinajstić information content (AvgIpc) is 3.15. The van der Waals surface area contributed by atoms with E-state index in [1.54, 1.807) is 6.92 Å². The molecule has 1 aliphatic heterocycles. The molecule has 1 aromatic heterocycles. The van der Waals surface area contributed by atoms with Crippen molar-refractivity contribution in [3.8, 4) is 5.88 Å². The number of hydrogen-bond donors (Lipinski definition) is 4. The highest BCUT2D eigenvalue weighted by Gasteiger charge is 2.24. The lowest BCUT2D eigenvalue weighted by Crippen LogP contribution is -2.39. The number of amides is 2. The molecule has 34 heavy (non-hydrogen) atoms. The third-order valence-electron chi connectivity index (χ3n) is 5.41. The van der Waals surface area contributed by atoms with Crippen LogP contribution in [0.5, 0.6) is 5.88 Å². The van der Waals surface area contributed by atoms with Gasteiger partial charge in [-0.2, -0.15) is 4.37 Å². The first kappa shape index (κ1) is 25.8. The molecule has 4 N–H and O–H groups in total. The van der Waals surface area contributed by atoms with E-state index in [2.05, 4.69) is 19.9 Å². The van der Waals surface area contributed by atoms with Gasteiger partial charge in [-0.15, -0.1) is 0 Å². The van der Waals surface area contributed by atoms with E-state index in [9.17, 15) is 28.6 Å². The number of halogens is 2. The van der Waals surface area contributed by atoms with Crippen molar-refractivity contribution < 1.29 is 33.3 Å². The van der Waals surface area contributed by atoms with Crippen LogP contribution in [0.1, 0.15) is 47.2 Å². The van der Waals surface area contributed by atoms with Crippen molar-refractivity contribution >= 4 is 28.5 Å². The molecule has 0 aliphatic carbocycles. The van der Waals surface area contributed by atoms with E-state index in [0.717, 1.165) is 50.9 Å². The number of carbonyl (C=O) groups excluding carboxylic acids is 1. The van der Waals surface area contributed by atoms with Gasteiger partial charge in [0.05, 0.1) is 11.7 Å². The molecule has 186 valence electrons. The summed E-state index contributed by atoms with van der Waals surface area (Å²) >= 11 is 0.696. The van der Waals surface area contributed by atoms with Crippen LogP contribution in [0.4, 0.5) is 18.6 Å². The molecule has 3 rings (SSSR count). The number of aromatic nitrogens is 1. The number of aliphatic hydroxyl groups excluding tert-OH is 1. The molecule has 12 heteroatoms. The number of nitrogens with one attached hydrogen (secondary N) is 2. The van der Waals surface area contributed by atoms with Crippen molar-refractivity contribution in [1.82, 2.24) is 14.6 Å². The monoisotopic (exact) mass is 498 g/mol. The number of anilines is 1. The number of hydrogen-bond acceptors (Lipinski definition) is 7. The van der Waals surface area contributed by atoms with Gasteiger partial charge in [0, 0.05) is 13.1 Å². The number of unbranched alkanes of at least 4 members (excludes halogenated alkanes) is 1. The number of aryl methyl sites for hydroxylation is 1. The molecule has 0 spiro atoms. The fourth-order valence-corrected chi connectivity index (χ4v) is 4.42. The molecule has 2 heterocycles. The summed E-state index contributed by atoms with van der Waals surface area (Å²) in [7, 11) is 0. The number of nitrogens with zero attached hydrogens (tertiary/aromatic N) is 2. The fourth-order valence-electron chi connectivity index (χ4n) is 3.70. The Kier molecular flexibility index (Phi) is 9.13. The molecule has 9 nitrogen and oxygen atoms in total.